The second kappa shape index (κ2) is 10.7. The maximum absolute atomic E-state index is 13.6. The zero-order valence-electron chi connectivity index (χ0n) is 21.0. The first-order chi connectivity index (χ1) is 18.0. The first-order valence-corrected chi connectivity index (χ1v) is 12.8. The minimum absolute atomic E-state index is 0.0289. The fraction of sp³-hybridized carbons (Fsp3) is 0.226. The van der Waals surface area contributed by atoms with Gasteiger partial charge < -0.3 is 20.2 Å². The summed E-state index contributed by atoms with van der Waals surface area (Å²) in [4.78, 5) is 29.9. The number of aromatic hydroxyl groups is 1. The van der Waals surface area contributed by atoms with Crippen LogP contribution in [0.3, 0.4) is 0 Å². The molecule has 1 fully saturated rings. The van der Waals surface area contributed by atoms with Gasteiger partial charge in [-0.05, 0) is 70.8 Å². The molecule has 2 N–H and O–H groups in total. The Bertz CT molecular complexity index is 1420. The molecule has 6 heteroatoms. The lowest BCUT2D eigenvalue weighted by Crippen LogP contribution is -2.48. The van der Waals surface area contributed by atoms with E-state index in [1.807, 2.05) is 84.6 Å². The number of carbonyl (C=O) groups is 2. The molecule has 1 aliphatic heterocycles. The van der Waals surface area contributed by atoms with Gasteiger partial charge in [0.2, 0.25) is 0 Å². The van der Waals surface area contributed by atoms with Crippen molar-refractivity contribution < 1.29 is 14.7 Å². The average Bonchev–Trinajstić information content (AvgIpc) is 2.95. The number of phenolic OH excluding ortho intramolecular Hbond substituents is 1. The Hall–Kier alpha value is -4.32. The summed E-state index contributed by atoms with van der Waals surface area (Å²) in [6.45, 7) is 5.41. The summed E-state index contributed by atoms with van der Waals surface area (Å²) in [5.74, 6) is 0.196. The molecule has 1 saturated heterocycles. The van der Waals surface area contributed by atoms with Crippen LogP contribution >= 0.6 is 0 Å². The molecule has 2 amide bonds. The highest BCUT2D eigenvalue weighted by Crippen LogP contribution is 2.33. The van der Waals surface area contributed by atoms with Gasteiger partial charge in [0.05, 0.1) is 0 Å². The van der Waals surface area contributed by atoms with Crippen LogP contribution in [0.2, 0.25) is 0 Å². The number of hydrogen-bond donors (Lipinski definition) is 2. The number of amides is 2. The molecule has 0 radical (unpaired) electrons. The fourth-order valence-electron chi connectivity index (χ4n) is 4.91. The van der Waals surface area contributed by atoms with Gasteiger partial charge in [0.1, 0.15) is 5.75 Å². The van der Waals surface area contributed by atoms with Crippen LogP contribution < -0.4 is 10.2 Å². The third kappa shape index (κ3) is 5.14. The second-order valence-electron chi connectivity index (χ2n) is 9.34. The summed E-state index contributed by atoms with van der Waals surface area (Å²) < 4.78 is 0. The van der Waals surface area contributed by atoms with Crippen molar-refractivity contribution in [3.63, 3.8) is 0 Å². The number of nitrogens with one attached hydrogen (secondary N) is 1. The summed E-state index contributed by atoms with van der Waals surface area (Å²) in [6, 6.07) is 26.7. The van der Waals surface area contributed by atoms with E-state index >= 15 is 0 Å². The van der Waals surface area contributed by atoms with Crippen LogP contribution in [-0.4, -0.2) is 54.5 Å². The zero-order chi connectivity index (χ0) is 25.8. The molecule has 1 aliphatic rings. The molecule has 0 unspecified atom stereocenters. The van der Waals surface area contributed by atoms with Crippen molar-refractivity contribution in [2.45, 2.75) is 13.3 Å². The largest absolute Gasteiger partial charge is 0.508 e. The van der Waals surface area contributed by atoms with Gasteiger partial charge in [-0.3, -0.25) is 9.59 Å². The smallest absolute Gasteiger partial charge is 0.254 e. The zero-order valence-corrected chi connectivity index (χ0v) is 21.0. The lowest BCUT2D eigenvalue weighted by Gasteiger charge is -2.36. The number of carbonyl (C=O) groups excluding carboxylic acids is 2. The highest BCUT2D eigenvalue weighted by molar-refractivity contribution is 6.11. The van der Waals surface area contributed by atoms with Gasteiger partial charge in [-0.2, -0.15) is 0 Å². The summed E-state index contributed by atoms with van der Waals surface area (Å²) in [6.07, 6.45) is 0.907. The topological polar surface area (TPSA) is 72.9 Å². The van der Waals surface area contributed by atoms with E-state index in [1.54, 1.807) is 12.1 Å². The monoisotopic (exact) mass is 493 g/mol. The lowest BCUT2D eigenvalue weighted by molar-refractivity contribution is 0.0748. The summed E-state index contributed by atoms with van der Waals surface area (Å²) >= 11 is 0. The quantitative estimate of drug-likeness (QED) is 0.382. The summed E-state index contributed by atoms with van der Waals surface area (Å²) in [5, 5.41) is 14.7. The minimum atomic E-state index is -0.0499. The fourth-order valence-corrected chi connectivity index (χ4v) is 4.91. The van der Waals surface area contributed by atoms with Crippen LogP contribution in [-0.2, 0) is 0 Å². The van der Waals surface area contributed by atoms with Crippen molar-refractivity contribution in [2.75, 3.05) is 37.6 Å². The Morgan fingerprint density at radius 1 is 0.838 bits per heavy atom. The van der Waals surface area contributed by atoms with Crippen molar-refractivity contribution in [2.24, 2.45) is 0 Å². The first-order valence-electron chi connectivity index (χ1n) is 12.8. The third-order valence-electron chi connectivity index (χ3n) is 6.91. The first kappa shape index (κ1) is 24.4. The Balaban J connectivity index is 1.30. The van der Waals surface area contributed by atoms with Crippen molar-refractivity contribution in [1.82, 2.24) is 10.2 Å². The number of fused-ring (bicyclic) bond motifs is 1. The van der Waals surface area contributed by atoms with Gasteiger partial charge in [-0.15, -0.1) is 0 Å². The van der Waals surface area contributed by atoms with Crippen molar-refractivity contribution >= 4 is 28.3 Å². The molecule has 0 aliphatic carbocycles. The number of nitrogens with zero attached hydrogens (tertiary/aromatic N) is 2. The Labute approximate surface area is 217 Å². The number of piperazine rings is 1. The molecule has 188 valence electrons. The maximum Gasteiger partial charge on any atom is 0.254 e. The van der Waals surface area contributed by atoms with E-state index in [0.29, 0.717) is 30.8 Å². The Morgan fingerprint density at radius 2 is 1.57 bits per heavy atom. The molecular formula is C31H31N3O3. The predicted molar refractivity (Wildman–Crippen MR) is 148 cm³/mol. The highest BCUT2D eigenvalue weighted by atomic mass is 16.3. The summed E-state index contributed by atoms with van der Waals surface area (Å²) in [7, 11) is 0. The maximum atomic E-state index is 13.6. The molecule has 5 rings (SSSR count). The molecule has 0 bridgehead atoms. The van der Waals surface area contributed by atoms with Crippen LogP contribution in [0.15, 0.2) is 84.9 Å². The van der Waals surface area contributed by atoms with E-state index in [9.17, 15) is 14.7 Å². The van der Waals surface area contributed by atoms with E-state index in [1.165, 1.54) is 0 Å². The van der Waals surface area contributed by atoms with Crippen LogP contribution in [0.25, 0.3) is 21.9 Å². The number of benzene rings is 4. The van der Waals surface area contributed by atoms with Crippen LogP contribution in [0.5, 0.6) is 5.75 Å². The van der Waals surface area contributed by atoms with E-state index < -0.39 is 0 Å². The van der Waals surface area contributed by atoms with E-state index in [4.69, 9.17) is 0 Å². The standard InChI is InChI=1S/C31H31N3O3/c1-2-16-32-30(36)22-10-12-24(13-11-22)33-17-19-34(20-18-33)31(37)29-15-14-26(23-6-5-7-25(35)21-23)27-8-3-4-9-28(27)29/h3-15,21,35H,2,16-20H2,1H3,(H,32,36). The highest BCUT2D eigenvalue weighted by Gasteiger charge is 2.24. The number of anilines is 1. The second-order valence-corrected chi connectivity index (χ2v) is 9.34. The van der Waals surface area contributed by atoms with Gasteiger partial charge in [-0.25, -0.2) is 0 Å². The van der Waals surface area contributed by atoms with E-state index in [2.05, 4.69) is 10.2 Å². The normalized spacial score (nSPS) is 13.5. The minimum Gasteiger partial charge on any atom is -0.508 e. The van der Waals surface area contributed by atoms with Crippen LogP contribution in [0.4, 0.5) is 5.69 Å². The SMILES string of the molecule is CCCNC(=O)c1ccc(N2CCN(C(=O)c3ccc(-c4cccc(O)c4)c4ccccc34)CC2)cc1. The van der Waals surface area contributed by atoms with E-state index in [-0.39, 0.29) is 17.6 Å². The molecule has 0 saturated carbocycles. The lowest BCUT2D eigenvalue weighted by atomic mass is 9.94. The van der Waals surface area contributed by atoms with Gasteiger partial charge in [0.15, 0.2) is 0 Å². The van der Waals surface area contributed by atoms with E-state index in [0.717, 1.165) is 47.1 Å². The summed E-state index contributed by atoms with van der Waals surface area (Å²) in [5.41, 5.74) is 4.31. The molecule has 6 nitrogen and oxygen atoms in total. The molecule has 0 aromatic heterocycles. The van der Waals surface area contributed by atoms with Crippen molar-refractivity contribution in [3.8, 4) is 16.9 Å². The van der Waals surface area contributed by atoms with Gasteiger partial charge >= 0.3 is 0 Å². The molecule has 0 spiro atoms. The Kier molecular flexibility index (Phi) is 7.08. The van der Waals surface area contributed by atoms with Gasteiger partial charge in [-0.1, -0.05) is 49.4 Å². The van der Waals surface area contributed by atoms with Gasteiger partial charge in [0.25, 0.3) is 11.8 Å². The average molecular weight is 494 g/mol. The number of hydrogen-bond acceptors (Lipinski definition) is 4. The number of phenols is 1. The molecule has 4 aromatic carbocycles. The number of rotatable bonds is 6. The van der Waals surface area contributed by atoms with Crippen molar-refractivity contribution in [1.29, 1.82) is 0 Å². The third-order valence-corrected chi connectivity index (χ3v) is 6.91. The molecule has 0 atom stereocenters. The van der Waals surface area contributed by atoms with Gasteiger partial charge in [0, 0.05) is 49.5 Å². The molecule has 37 heavy (non-hydrogen) atoms. The van der Waals surface area contributed by atoms with Crippen LogP contribution in [0.1, 0.15) is 34.1 Å². The molecule has 1 heterocycles. The van der Waals surface area contributed by atoms with Crippen LogP contribution in [0, 0.1) is 0 Å². The van der Waals surface area contributed by atoms with Crippen molar-refractivity contribution in [3.05, 3.63) is 96.1 Å². The predicted octanol–water partition coefficient (Wildman–Crippen LogP) is 5.31. The molecular weight excluding hydrogens is 462 g/mol. The molecule has 4 aromatic rings. The Morgan fingerprint density at radius 3 is 2.27 bits per heavy atom.